The van der Waals surface area contributed by atoms with Gasteiger partial charge in [-0.25, -0.2) is 9.59 Å². The minimum atomic E-state index is -1.02. The number of nitrogens with zero attached hydrogens (tertiary/aromatic N) is 2. The number of hydrogen-bond acceptors (Lipinski definition) is 9. The van der Waals surface area contributed by atoms with Crippen LogP contribution >= 0.6 is 0 Å². The monoisotopic (exact) mass is 621 g/mol. The van der Waals surface area contributed by atoms with Crippen LogP contribution in [0.3, 0.4) is 0 Å². The van der Waals surface area contributed by atoms with E-state index in [0.29, 0.717) is 30.8 Å². The molecule has 0 aliphatic carbocycles. The summed E-state index contributed by atoms with van der Waals surface area (Å²) in [5.74, 6) is -2.60. The third-order valence-electron chi connectivity index (χ3n) is 6.28. The molecule has 1 aromatic rings. The van der Waals surface area contributed by atoms with Crippen LogP contribution in [0.25, 0.3) is 0 Å². The molecule has 2 unspecified atom stereocenters. The van der Waals surface area contributed by atoms with E-state index in [1.807, 2.05) is 19.0 Å². The lowest BCUT2D eigenvalue weighted by molar-refractivity contribution is -0.132. The van der Waals surface area contributed by atoms with E-state index < -0.39 is 47.8 Å². The predicted octanol–water partition coefficient (Wildman–Crippen LogP) is -1.10. The van der Waals surface area contributed by atoms with E-state index in [9.17, 15) is 28.8 Å². The third kappa shape index (κ3) is 15.2. The highest BCUT2D eigenvalue weighted by molar-refractivity contribution is 5.98. The van der Waals surface area contributed by atoms with Crippen LogP contribution in [0.2, 0.25) is 0 Å². The first-order valence-corrected chi connectivity index (χ1v) is 14.3. The summed E-state index contributed by atoms with van der Waals surface area (Å²) in [5, 5.41) is 12.8. The van der Waals surface area contributed by atoms with Crippen LogP contribution in [0.4, 0.5) is 15.3 Å². The molecule has 246 valence electrons. The maximum absolute atomic E-state index is 13.2. The molecule has 9 N–H and O–H groups in total. The van der Waals surface area contributed by atoms with Crippen LogP contribution in [0.1, 0.15) is 32.3 Å². The van der Waals surface area contributed by atoms with Crippen LogP contribution in [0.15, 0.2) is 24.3 Å². The second-order valence-corrected chi connectivity index (χ2v) is 10.7. The molecule has 1 aromatic carbocycles. The van der Waals surface area contributed by atoms with Crippen LogP contribution in [-0.2, 0) is 30.5 Å². The normalized spacial score (nSPS) is 12.1. The lowest BCUT2D eigenvalue weighted by atomic mass is 10.0. The van der Waals surface area contributed by atoms with Gasteiger partial charge in [0.05, 0.1) is 13.1 Å². The number of carbonyl (C=O) groups excluding carboxylic acids is 6. The van der Waals surface area contributed by atoms with Gasteiger partial charge in [0, 0.05) is 32.4 Å². The Balaban J connectivity index is 2.86. The molecule has 0 aromatic heterocycles. The van der Waals surface area contributed by atoms with Gasteiger partial charge < -0.3 is 52.6 Å². The summed E-state index contributed by atoms with van der Waals surface area (Å²) in [6.07, 6.45) is 0.0154. The molecule has 7 amide bonds. The minimum absolute atomic E-state index is 0.0448. The van der Waals surface area contributed by atoms with Crippen molar-refractivity contribution in [2.75, 3.05) is 59.2 Å². The smallest absolute Gasteiger partial charge is 0.409 e. The molecule has 0 spiro atoms. The minimum Gasteiger partial charge on any atom is -0.445 e. The average Bonchev–Trinajstić information content (AvgIpc) is 2.97. The fourth-order valence-corrected chi connectivity index (χ4v) is 3.67. The Hall–Kier alpha value is -4.44. The molecule has 0 aliphatic heterocycles. The largest absolute Gasteiger partial charge is 0.445 e. The van der Waals surface area contributed by atoms with Crippen LogP contribution in [-0.4, -0.2) is 112 Å². The number of ether oxygens (including phenoxy) is 1. The van der Waals surface area contributed by atoms with Crippen molar-refractivity contribution < 1.29 is 33.5 Å². The van der Waals surface area contributed by atoms with E-state index in [2.05, 4.69) is 26.6 Å². The van der Waals surface area contributed by atoms with Crippen molar-refractivity contribution in [1.82, 2.24) is 31.1 Å². The first-order valence-electron chi connectivity index (χ1n) is 14.3. The maximum atomic E-state index is 13.2. The molecular formula is C28H47N9O7. The zero-order chi connectivity index (χ0) is 33.2. The van der Waals surface area contributed by atoms with Gasteiger partial charge >= 0.3 is 12.1 Å². The molecule has 0 bridgehead atoms. The SMILES string of the molecule is CC(C)C(NC(=O)CNC(=O)CN)C(=O)NC(CCCNC(N)=O)C(=O)Nc1ccc(COC(=O)N(C)CCN(C)C)cc1. The van der Waals surface area contributed by atoms with Gasteiger partial charge in [0.2, 0.25) is 23.6 Å². The molecule has 0 fully saturated rings. The Morgan fingerprint density at radius 2 is 1.55 bits per heavy atom. The van der Waals surface area contributed by atoms with Crippen molar-refractivity contribution in [3.05, 3.63) is 29.8 Å². The van der Waals surface area contributed by atoms with Crippen LogP contribution < -0.4 is 38.1 Å². The van der Waals surface area contributed by atoms with Crippen molar-refractivity contribution in [3.63, 3.8) is 0 Å². The molecule has 44 heavy (non-hydrogen) atoms. The van der Waals surface area contributed by atoms with E-state index >= 15 is 0 Å². The van der Waals surface area contributed by atoms with Crippen LogP contribution in [0.5, 0.6) is 0 Å². The van der Waals surface area contributed by atoms with Crippen molar-refractivity contribution >= 4 is 41.4 Å². The fourth-order valence-electron chi connectivity index (χ4n) is 3.67. The number of carbonyl (C=O) groups is 6. The number of nitrogens with two attached hydrogens (primary N) is 2. The fraction of sp³-hybridized carbons (Fsp3) is 0.571. The van der Waals surface area contributed by atoms with Crippen molar-refractivity contribution in [1.29, 1.82) is 0 Å². The Labute approximate surface area is 257 Å². The number of primary amides is 1. The summed E-state index contributed by atoms with van der Waals surface area (Å²) < 4.78 is 5.34. The maximum Gasteiger partial charge on any atom is 0.409 e. The number of likely N-dealkylation sites (N-methyl/N-ethyl adjacent to an activating group) is 2. The summed E-state index contributed by atoms with van der Waals surface area (Å²) in [4.78, 5) is 76.7. The quantitative estimate of drug-likeness (QED) is 0.0986. The van der Waals surface area contributed by atoms with Crippen LogP contribution in [0, 0.1) is 5.92 Å². The lowest BCUT2D eigenvalue weighted by Gasteiger charge is -2.25. The van der Waals surface area contributed by atoms with Crippen molar-refractivity contribution in [2.45, 2.75) is 45.4 Å². The molecule has 0 heterocycles. The standard InChI is InChI=1S/C28H47N9O7/c1-18(2)24(35-23(39)16-32-22(38)15-29)26(41)34-21(7-6-12-31-27(30)42)25(40)33-20-10-8-19(9-11-20)17-44-28(43)37(5)14-13-36(3)4/h8-11,18,21,24H,6-7,12-17,29H2,1-5H3,(H,32,38)(H,33,40)(H,34,41)(H,35,39)(H3,30,31,42). The highest BCUT2D eigenvalue weighted by Gasteiger charge is 2.29. The molecule has 16 heteroatoms. The topological polar surface area (TPSA) is 230 Å². The molecule has 0 saturated carbocycles. The number of benzene rings is 1. The highest BCUT2D eigenvalue weighted by Crippen LogP contribution is 2.13. The number of amides is 7. The zero-order valence-electron chi connectivity index (χ0n) is 26.1. The summed E-state index contributed by atoms with van der Waals surface area (Å²) in [6, 6.07) is 3.92. The van der Waals surface area contributed by atoms with Gasteiger partial charge in [-0.2, -0.15) is 0 Å². The number of urea groups is 1. The Morgan fingerprint density at radius 1 is 0.886 bits per heavy atom. The van der Waals surface area contributed by atoms with Gasteiger partial charge in [-0.15, -0.1) is 0 Å². The summed E-state index contributed by atoms with van der Waals surface area (Å²) in [6.45, 7) is 4.23. The van der Waals surface area contributed by atoms with Gasteiger partial charge in [0.15, 0.2) is 0 Å². The summed E-state index contributed by atoms with van der Waals surface area (Å²) in [5.41, 5.74) is 11.5. The number of hydrogen-bond donors (Lipinski definition) is 7. The van der Waals surface area contributed by atoms with E-state index in [-0.39, 0.29) is 38.6 Å². The summed E-state index contributed by atoms with van der Waals surface area (Å²) in [7, 11) is 5.48. The Bertz CT molecular complexity index is 1110. The second-order valence-electron chi connectivity index (χ2n) is 10.7. The molecule has 16 nitrogen and oxygen atoms in total. The second kappa shape index (κ2) is 19.7. The van der Waals surface area contributed by atoms with E-state index in [1.54, 1.807) is 45.2 Å². The average molecular weight is 622 g/mol. The number of nitrogens with one attached hydrogen (secondary N) is 5. The van der Waals surface area contributed by atoms with Gasteiger partial charge in [-0.1, -0.05) is 26.0 Å². The zero-order valence-corrected chi connectivity index (χ0v) is 26.1. The van der Waals surface area contributed by atoms with Gasteiger partial charge in [0.1, 0.15) is 18.7 Å². The first kappa shape index (κ1) is 37.6. The van der Waals surface area contributed by atoms with Crippen molar-refractivity contribution in [2.24, 2.45) is 17.4 Å². The summed E-state index contributed by atoms with van der Waals surface area (Å²) >= 11 is 0. The van der Waals surface area contributed by atoms with Gasteiger partial charge in [0.25, 0.3) is 0 Å². The Morgan fingerprint density at radius 3 is 2.11 bits per heavy atom. The lowest BCUT2D eigenvalue weighted by Crippen LogP contribution is -2.55. The van der Waals surface area contributed by atoms with Crippen molar-refractivity contribution in [3.8, 4) is 0 Å². The van der Waals surface area contributed by atoms with E-state index in [4.69, 9.17) is 16.2 Å². The third-order valence-corrected chi connectivity index (χ3v) is 6.28. The Kier molecular flexibility index (Phi) is 16.8. The predicted molar refractivity (Wildman–Crippen MR) is 164 cm³/mol. The molecular weight excluding hydrogens is 574 g/mol. The molecule has 0 saturated heterocycles. The molecule has 0 aliphatic rings. The molecule has 2 atom stereocenters. The molecule has 1 rings (SSSR count). The first-order chi connectivity index (χ1) is 20.7. The van der Waals surface area contributed by atoms with Gasteiger partial charge in [-0.05, 0) is 50.6 Å². The molecule has 0 radical (unpaired) electrons. The van der Waals surface area contributed by atoms with E-state index in [1.165, 1.54) is 4.90 Å². The van der Waals surface area contributed by atoms with Gasteiger partial charge in [-0.3, -0.25) is 19.2 Å². The number of rotatable bonds is 18. The highest BCUT2D eigenvalue weighted by atomic mass is 16.6. The van der Waals surface area contributed by atoms with E-state index in [0.717, 1.165) is 0 Å². The number of anilines is 1.